The lowest BCUT2D eigenvalue weighted by Crippen LogP contribution is -2.54. The average molecular weight is 499 g/mol. The predicted octanol–water partition coefficient (Wildman–Crippen LogP) is 2.64. The monoisotopic (exact) mass is 498 g/mol. The van der Waals surface area contributed by atoms with Gasteiger partial charge in [0.1, 0.15) is 0 Å². The Morgan fingerprint density at radius 1 is 1.03 bits per heavy atom. The van der Waals surface area contributed by atoms with Crippen LogP contribution in [0.4, 0.5) is 0 Å². The summed E-state index contributed by atoms with van der Waals surface area (Å²) in [4.78, 5) is 29.4. The van der Waals surface area contributed by atoms with Crippen molar-refractivity contribution in [2.75, 3.05) is 39.3 Å². The van der Waals surface area contributed by atoms with Gasteiger partial charge in [0.2, 0.25) is 15.9 Å². The summed E-state index contributed by atoms with van der Waals surface area (Å²) < 4.78 is 35.6. The van der Waals surface area contributed by atoms with Crippen LogP contribution >= 0.6 is 0 Å². The zero-order valence-corrected chi connectivity index (χ0v) is 20.6. The van der Waals surface area contributed by atoms with E-state index in [-0.39, 0.29) is 29.2 Å². The Morgan fingerprint density at radius 3 is 2.51 bits per heavy atom. The van der Waals surface area contributed by atoms with Crippen LogP contribution in [0.3, 0.4) is 0 Å². The van der Waals surface area contributed by atoms with Gasteiger partial charge in [-0.3, -0.25) is 9.59 Å². The summed E-state index contributed by atoms with van der Waals surface area (Å²) in [7, 11) is -3.70. The number of benzene rings is 1. The molecule has 0 N–H and O–H groups in total. The summed E-state index contributed by atoms with van der Waals surface area (Å²) >= 11 is 0. The summed E-state index contributed by atoms with van der Waals surface area (Å²) in [6, 6.07) is 10.5. The maximum atomic E-state index is 13.4. The molecule has 0 saturated carbocycles. The number of hydrogen-bond donors (Lipinski definition) is 0. The second kappa shape index (κ2) is 9.50. The van der Waals surface area contributed by atoms with Gasteiger partial charge in [0.05, 0.1) is 17.1 Å². The maximum Gasteiger partial charge on any atom is 0.289 e. The Hall–Kier alpha value is -3.11. The number of nitrogens with zero attached hydrogens (tertiary/aromatic N) is 4. The van der Waals surface area contributed by atoms with Crippen LogP contribution in [0.2, 0.25) is 0 Å². The molecule has 2 amide bonds. The standard InChI is InChI=1S/C25H30N4O5S/c1-2-26-11-9-19-17-21(7-8-22(19)26)35(32,33)29-10-3-5-20(18-29)24(30)27-12-14-28(15-13-27)25(31)23-6-4-16-34-23/h4,6-9,11,16-17,20H,2-3,5,10,12-15,18H2,1H3/t20-/m0/s1. The Kier molecular flexibility index (Phi) is 6.41. The fraction of sp³-hybridized carbons (Fsp3) is 0.440. The molecule has 2 aliphatic rings. The lowest BCUT2D eigenvalue weighted by atomic mass is 9.97. The highest BCUT2D eigenvalue weighted by Gasteiger charge is 2.36. The molecule has 0 unspecified atom stereocenters. The van der Waals surface area contributed by atoms with Crippen LogP contribution < -0.4 is 0 Å². The molecular formula is C25H30N4O5S. The molecule has 5 rings (SSSR count). The molecular weight excluding hydrogens is 468 g/mol. The molecule has 2 saturated heterocycles. The van der Waals surface area contributed by atoms with E-state index in [1.807, 2.05) is 25.3 Å². The van der Waals surface area contributed by atoms with E-state index in [0.29, 0.717) is 51.3 Å². The van der Waals surface area contributed by atoms with Gasteiger partial charge in [-0.15, -0.1) is 0 Å². The summed E-state index contributed by atoms with van der Waals surface area (Å²) in [5, 5.41) is 0.888. The largest absolute Gasteiger partial charge is 0.459 e. The second-order valence-corrected chi connectivity index (χ2v) is 11.1. The molecule has 0 aliphatic carbocycles. The molecule has 4 heterocycles. The SMILES string of the molecule is CCn1ccc2cc(S(=O)(=O)N3CCC[C@H](C(=O)N4CCN(C(=O)c5ccco5)CC4)C3)ccc21. The van der Waals surface area contributed by atoms with Crippen LogP contribution in [0.25, 0.3) is 10.9 Å². The first-order valence-corrected chi connectivity index (χ1v) is 13.5. The zero-order chi connectivity index (χ0) is 24.6. The first-order chi connectivity index (χ1) is 16.9. The average Bonchev–Trinajstić information content (AvgIpc) is 3.58. The molecule has 1 aromatic carbocycles. The van der Waals surface area contributed by atoms with E-state index in [1.54, 1.807) is 34.1 Å². The van der Waals surface area contributed by atoms with Crippen molar-refractivity contribution >= 4 is 32.7 Å². The van der Waals surface area contributed by atoms with Crippen molar-refractivity contribution in [2.45, 2.75) is 31.2 Å². The first-order valence-electron chi connectivity index (χ1n) is 12.1. The van der Waals surface area contributed by atoms with Gasteiger partial charge in [0.15, 0.2) is 5.76 Å². The van der Waals surface area contributed by atoms with Crippen molar-refractivity contribution in [3.63, 3.8) is 0 Å². The number of hydrogen-bond acceptors (Lipinski definition) is 5. The summed E-state index contributed by atoms with van der Waals surface area (Å²) in [6.45, 7) is 5.17. The number of piperazine rings is 1. The van der Waals surface area contributed by atoms with Crippen molar-refractivity contribution in [3.05, 3.63) is 54.6 Å². The van der Waals surface area contributed by atoms with Gasteiger partial charge in [0.25, 0.3) is 5.91 Å². The van der Waals surface area contributed by atoms with Gasteiger partial charge < -0.3 is 18.8 Å². The quantitative estimate of drug-likeness (QED) is 0.539. The molecule has 0 bridgehead atoms. The van der Waals surface area contributed by atoms with Gasteiger partial charge in [0, 0.05) is 62.9 Å². The number of aromatic nitrogens is 1. The van der Waals surface area contributed by atoms with Crippen molar-refractivity contribution in [3.8, 4) is 0 Å². The highest BCUT2D eigenvalue weighted by molar-refractivity contribution is 7.89. The molecule has 9 nitrogen and oxygen atoms in total. The fourth-order valence-electron chi connectivity index (χ4n) is 5.07. The van der Waals surface area contributed by atoms with E-state index < -0.39 is 10.0 Å². The molecule has 0 spiro atoms. The molecule has 10 heteroatoms. The van der Waals surface area contributed by atoms with Crippen LogP contribution in [0.15, 0.2) is 58.2 Å². The minimum Gasteiger partial charge on any atom is -0.459 e. The Bertz CT molecular complexity index is 1320. The molecule has 3 aromatic rings. The number of carbonyl (C=O) groups excluding carboxylic acids is 2. The fourth-order valence-corrected chi connectivity index (χ4v) is 6.63. The maximum absolute atomic E-state index is 13.4. The molecule has 2 aliphatic heterocycles. The molecule has 1 atom stereocenters. The van der Waals surface area contributed by atoms with Crippen LogP contribution in [0, 0.1) is 5.92 Å². The summed E-state index contributed by atoms with van der Waals surface area (Å²) in [5.74, 6) is -0.299. The Balaban J connectivity index is 1.24. The Morgan fingerprint density at radius 2 is 1.80 bits per heavy atom. The minimum atomic E-state index is -3.70. The van der Waals surface area contributed by atoms with E-state index in [9.17, 15) is 18.0 Å². The van der Waals surface area contributed by atoms with Crippen molar-refractivity contribution in [2.24, 2.45) is 5.92 Å². The molecule has 0 radical (unpaired) electrons. The number of rotatable bonds is 5. The number of amides is 2. The third kappa shape index (κ3) is 4.48. The van der Waals surface area contributed by atoms with Crippen LogP contribution in [-0.2, 0) is 21.4 Å². The smallest absolute Gasteiger partial charge is 0.289 e. The molecule has 2 aromatic heterocycles. The highest BCUT2D eigenvalue weighted by Crippen LogP contribution is 2.28. The normalized spacial score (nSPS) is 19.9. The van der Waals surface area contributed by atoms with E-state index >= 15 is 0 Å². The van der Waals surface area contributed by atoms with E-state index in [2.05, 4.69) is 4.57 Å². The third-order valence-electron chi connectivity index (χ3n) is 7.06. The summed E-state index contributed by atoms with van der Waals surface area (Å²) in [6.07, 6.45) is 4.73. The lowest BCUT2D eigenvalue weighted by Gasteiger charge is -2.38. The number of sulfonamides is 1. The third-order valence-corrected chi connectivity index (χ3v) is 8.93. The number of furan rings is 1. The highest BCUT2D eigenvalue weighted by atomic mass is 32.2. The van der Waals surface area contributed by atoms with Gasteiger partial charge in [-0.25, -0.2) is 8.42 Å². The van der Waals surface area contributed by atoms with Crippen molar-refractivity contribution in [1.29, 1.82) is 0 Å². The van der Waals surface area contributed by atoms with Gasteiger partial charge in [-0.2, -0.15) is 4.31 Å². The number of fused-ring (bicyclic) bond motifs is 1. The van der Waals surface area contributed by atoms with Gasteiger partial charge in [-0.1, -0.05) is 0 Å². The number of aryl methyl sites for hydroxylation is 1. The lowest BCUT2D eigenvalue weighted by molar-refractivity contribution is -0.138. The molecule has 35 heavy (non-hydrogen) atoms. The van der Waals surface area contributed by atoms with E-state index in [4.69, 9.17) is 4.42 Å². The topological polar surface area (TPSA) is 96.1 Å². The Labute approximate surface area is 204 Å². The predicted molar refractivity (Wildman–Crippen MR) is 130 cm³/mol. The van der Waals surface area contributed by atoms with Crippen LogP contribution in [-0.4, -0.2) is 78.2 Å². The molecule has 186 valence electrons. The number of carbonyl (C=O) groups is 2. The van der Waals surface area contributed by atoms with Crippen LogP contribution in [0.5, 0.6) is 0 Å². The van der Waals surface area contributed by atoms with Gasteiger partial charge in [-0.05, 0) is 56.2 Å². The van der Waals surface area contributed by atoms with E-state index in [1.165, 1.54) is 10.6 Å². The second-order valence-electron chi connectivity index (χ2n) is 9.12. The number of piperidine rings is 1. The molecule has 2 fully saturated rings. The van der Waals surface area contributed by atoms with Crippen molar-refractivity contribution in [1.82, 2.24) is 18.7 Å². The van der Waals surface area contributed by atoms with E-state index in [0.717, 1.165) is 17.4 Å². The zero-order valence-electron chi connectivity index (χ0n) is 19.8. The van der Waals surface area contributed by atoms with Crippen molar-refractivity contribution < 1.29 is 22.4 Å². The van der Waals surface area contributed by atoms with Crippen LogP contribution in [0.1, 0.15) is 30.3 Å². The summed E-state index contributed by atoms with van der Waals surface area (Å²) in [5.41, 5.74) is 1.00. The minimum absolute atomic E-state index is 0.0366. The first kappa shape index (κ1) is 23.6. The van der Waals surface area contributed by atoms with Gasteiger partial charge >= 0.3 is 0 Å².